The van der Waals surface area contributed by atoms with Crippen molar-refractivity contribution in [3.63, 3.8) is 0 Å². The number of halogens is 1. The van der Waals surface area contributed by atoms with E-state index in [1.165, 1.54) is 6.07 Å². The number of nitrogens with one attached hydrogen (secondary N) is 3. The van der Waals surface area contributed by atoms with Gasteiger partial charge in [0, 0.05) is 43.7 Å². The van der Waals surface area contributed by atoms with Crippen LogP contribution >= 0.6 is 0 Å². The number of rotatable bonds is 6. The van der Waals surface area contributed by atoms with Gasteiger partial charge in [0.05, 0.1) is 0 Å². The van der Waals surface area contributed by atoms with Crippen LogP contribution in [0.5, 0.6) is 11.5 Å². The number of nitrogens with zero attached hydrogens (tertiary/aromatic N) is 1. The van der Waals surface area contributed by atoms with Gasteiger partial charge in [0.25, 0.3) is 0 Å². The van der Waals surface area contributed by atoms with E-state index in [2.05, 4.69) is 20.9 Å². The summed E-state index contributed by atoms with van der Waals surface area (Å²) in [5, 5.41) is 9.49. The molecule has 3 N–H and O–H groups in total. The highest BCUT2D eigenvalue weighted by Gasteiger charge is 2.24. The summed E-state index contributed by atoms with van der Waals surface area (Å²) < 4.78 is 19.8. The Morgan fingerprint density at radius 3 is 2.56 bits per heavy atom. The quantitative estimate of drug-likeness (QED) is 0.399. The number of carbonyl (C=O) groups is 1. The van der Waals surface area contributed by atoms with Gasteiger partial charge in [0.1, 0.15) is 5.75 Å². The van der Waals surface area contributed by atoms with Crippen molar-refractivity contribution >= 4 is 17.6 Å². The van der Waals surface area contributed by atoms with Crippen molar-refractivity contribution in [1.29, 1.82) is 0 Å². The number of hydrogen-bond acceptors (Lipinski definition) is 3. The Hall–Kier alpha value is -3.87. The lowest BCUT2D eigenvalue weighted by atomic mass is 9.90. The summed E-state index contributed by atoms with van der Waals surface area (Å²) in [6.45, 7) is 1.00. The van der Waals surface area contributed by atoms with Crippen LogP contribution in [0, 0.1) is 5.82 Å². The number of ether oxygens (including phenoxy) is 1. The molecule has 0 aliphatic carbocycles. The van der Waals surface area contributed by atoms with Gasteiger partial charge in [-0.2, -0.15) is 0 Å². The van der Waals surface area contributed by atoms with Crippen LogP contribution in [0.4, 0.5) is 10.1 Å². The Morgan fingerprint density at radius 2 is 1.75 bits per heavy atom. The average Bonchev–Trinajstić information content (AvgIpc) is 2.81. The highest BCUT2D eigenvalue weighted by molar-refractivity contribution is 5.94. The lowest BCUT2D eigenvalue weighted by Crippen LogP contribution is -2.40. The zero-order chi connectivity index (χ0) is 22.3. The van der Waals surface area contributed by atoms with E-state index >= 15 is 0 Å². The molecule has 0 fully saturated rings. The van der Waals surface area contributed by atoms with Crippen molar-refractivity contribution in [2.24, 2.45) is 4.99 Å². The van der Waals surface area contributed by atoms with Gasteiger partial charge in [-0.15, -0.1) is 0 Å². The molecule has 32 heavy (non-hydrogen) atoms. The van der Waals surface area contributed by atoms with Crippen LogP contribution in [-0.4, -0.2) is 25.5 Å². The molecule has 3 aromatic rings. The van der Waals surface area contributed by atoms with Crippen LogP contribution in [0.3, 0.4) is 0 Å². The molecule has 0 aromatic heterocycles. The number of fused-ring (bicyclic) bond motifs is 1. The fourth-order valence-corrected chi connectivity index (χ4v) is 3.70. The number of benzene rings is 3. The molecule has 3 aromatic carbocycles. The van der Waals surface area contributed by atoms with Crippen molar-refractivity contribution in [2.75, 3.05) is 18.9 Å². The Bertz CT molecular complexity index is 1130. The van der Waals surface area contributed by atoms with E-state index < -0.39 is 5.82 Å². The van der Waals surface area contributed by atoms with Crippen molar-refractivity contribution < 1.29 is 13.9 Å². The van der Waals surface area contributed by atoms with Gasteiger partial charge >= 0.3 is 0 Å². The minimum atomic E-state index is -0.412. The molecule has 1 unspecified atom stereocenters. The molecule has 1 aliphatic heterocycles. The van der Waals surface area contributed by atoms with Crippen molar-refractivity contribution in [2.45, 2.75) is 18.9 Å². The van der Waals surface area contributed by atoms with Gasteiger partial charge in [0.15, 0.2) is 17.5 Å². The Labute approximate surface area is 186 Å². The molecular formula is C25H25FN4O2. The van der Waals surface area contributed by atoms with Crippen molar-refractivity contribution in [3.05, 3.63) is 89.7 Å². The molecule has 4 rings (SSSR count). The van der Waals surface area contributed by atoms with E-state index in [9.17, 15) is 9.18 Å². The van der Waals surface area contributed by atoms with Crippen LogP contribution in [0.1, 0.15) is 23.5 Å². The third-order valence-corrected chi connectivity index (χ3v) is 5.32. The summed E-state index contributed by atoms with van der Waals surface area (Å²) in [4.78, 5) is 16.3. The summed E-state index contributed by atoms with van der Waals surface area (Å²) in [5.41, 5.74) is 2.83. The number of guanidine groups is 1. The first-order valence-corrected chi connectivity index (χ1v) is 10.5. The third kappa shape index (κ3) is 5.06. The first-order valence-electron chi connectivity index (χ1n) is 10.5. The molecule has 6 nitrogen and oxygen atoms in total. The molecule has 1 aliphatic rings. The average molecular weight is 432 g/mol. The lowest BCUT2D eigenvalue weighted by Gasteiger charge is -2.26. The van der Waals surface area contributed by atoms with E-state index in [1.807, 2.05) is 42.5 Å². The Kier molecular flexibility index (Phi) is 6.65. The smallest absolute Gasteiger partial charge is 0.225 e. The SMILES string of the molecule is CN=C(NCc1ccccc1Oc1ccccc1F)NCC1CC(=O)Nc2ccccc21. The molecule has 0 saturated heterocycles. The molecule has 1 heterocycles. The van der Waals surface area contributed by atoms with Gasteiger partial charge in [-0.1, -0.05) is 48.5 Å². The minimum absolute atomic E-state index is 0.0117. The molecular weight excluding hydrogens is 407 g/mol. The molecule has 1 amide bonds. The van der Waals surface area contributed by atoms with Crippen LogP contribution in [0.15, 0.2) is 77.8 Å². The minimum Gasteiger partial charge on any atom is -0.454 e. The topological polar surface area (TPSA) is 74.8 Å². The summed E-state index contributed by atoms with van der Waals surface area (Å²) in [6, 6.07) is 21.6. The van der Waals surface area contributed by atoms with E-state index in [1.54, 1.807) is 31.3 Å². The molecule has 7 heteroatoms. The number of anilines is 1. The lowest BCUT2D eigenvalue weighted by molar-refractivity contribution is -0.116. The normalized spacial score (nSPS) is 15.5. The molecule has 1 atom stereocenters. The molecule has 164 valence electrons. The van der Waals surface area contributed by atoms with Gasteiger partial charge in [-0.05, 0) is 29.8 Å². The van der Waals surface area contributed by atoms with Crippen molar-refractivity contribution in [3.8, 4) is 11.5 Å². The van der Waals surface area contributed by atoms with Crippen molar-refractivity contribution in [1.82, 2.24) is 10.6 Å². The number of carbonyl (C=O) groups excluding carboxylic acids is 1. The maximum atomic E-state index is 14.0. The highest BCUT2D eigenvalue weighted by Crippen LogP contribution is 2.31. The third-order valence-electron chi connectivity index (χ3n) is 5.32. The summed E-state index contributed by atoms with van der Waals surface area (Å²) in [7, 11) is 1.69. The van der Waals surface area contributed by atoms with E-state index in [0.717, 1.165) is 16.8 Å². The second kappa shape index (κ2) is 9.96. The number of hydrogen-bond donors (Lipinski definition) is 3. The second-order valence-electron chi connectivity index (χ2n) is 7.48. The predicted octanol–water partition coefficient (Wildman–Crippen LogP) is 4.41. The highest BCUT2D eigenvalue weighted by atomic mass is 19.1. The molecule has 0 radical (unpaired) electrons. The first-order chi connectivity index (χ1) is 15.6. The van der Waals surface area contributed by atoms with Crippen LogP contribution < -0.4 is 20.7 Å². The molecule has 0 bridgehead atoms. The van der Waals surface area contributed by atoms with Crippen LogP contribution in [0.2, 0.25) is 0 Å². The molecule has 0 saturated carbocycles. The fraction of sp³-hybridized carbons (Fsp3) is 0.200. The van der Waals surface area contributed by atoms with E-state index in [-0.39, 0.29) is 17.6 Å². The second-order valence-corrected chi connectivity index (χ2v) is 7.48. The summed E-state index contributed by atoms with van der Waals surface area (Å²) >= 11 is 0. The zero-order valence-corrected chi connectivity index (χ0v) is 17.8. The summed E-state index contributed by atoms with van der Waals surface area (Å²) in [5.74, 6) is 1.00. The maximum Gasteiger partial charge on any atom is 0.225 e. The predicted molar refractivity (Wildman–Crippen MR) is 124 cm³/mol. The standard InChI is InChI=1S/C25H25FN4O2/c1-27-25(29-16-18-14-24(31)30-21-11-5-3-9-19(18)21)28-15-17-8-2-6-12-22(17)32-23-13-7-4-10-20(23)26/h2-13,18H,14-16H2,1H3,(H,30,31)(H2,27,28,29). The Balaban J connectivity index is 1.39. The number of aliphatic imine (C=N–C) groups is 1. The fourth-order valence-electron chi connectivity index (χ4n) is 3.70. The maximum absolute atomic E-state index is 14.0. The van der Waals surface area contributed by atoms with Crippen LogP contribution in [0.25, 0.3) is 0 Å². The summed E-state index contributed by atoms with van der Waals surface area (Å²) in [6.07, 6.45) is 0.417. The Morgan fingerprint density at radius 1 is 1.03 bits per heavy atom. The van der Waals surface area contributed by atoms with Gasteiger partial charge in [-0.25, -0.2) is 4.39 Å². The molecule has 0 spiro atoms. The van der Waals surface area contributed by atoms with Crippen LogP contribution in [-0.2, 0) is 11.3 Å². The van der Waals surface area contributed by atoms with Gasteiger partial charge in [0.2, 0.25) is 5.91 Å². The number of para-hydroxylation sites is 3. The number of amides is 1. The monoisotopic (exact) mass is 432 g/mol. The van der Waals surface area contributed by atoms with Gasteiger partial charge in [-0.3, -0.25) is 9.79 Å². The van der Waals surface area contributed by atoms with E-state index in [0.29, 0.717) is 31.2 Å². The first kappa shape index (κ1) is 21.4. The van der Waals surface area contributed by atoms with E-state index in [4.69, 9.17) is 4.74 Å². The zero-order valence-electron chi connectivity index (χ0n) is 17.8. The largest absolute Gasteiger partial charge is 0.454 e. The van der Waals surface area contributed by atoms with Gasteiger partial charge < -0.3 is 20.7 Å².